The van der Waals surface area contributed by atoms with Gasteiger partial charge >= 0.3 is 0 Å². The van der Waals surface area contributed by atoms with Crippen molar-refractivity contribution in [2.24, 2.45) is 4.85 Å². The third-order valence-electron chi connectivity index (χ3n) is 14.5. The lowest BCUT2D eigenvalue weighted by atomic mass is 9.86. The molecule has 0 saturated heterocycles. The first kappa shape index (κ1) is 39.7. The van der Waals surface area contributed by atoms with Gasteiger partial charge in [0.2, 0.25) is 0 Å². The third-order valence-corrected chi connectivity index (χ3v) is 18.1. The molecule has 0 aromatic heterocycles. The molecule has 0 amide bonds. The highest BCUT2D eigenvalue weighted by molar-refractivity contribution is 7.59. The van der Waals surface area contributed by atoms with E-state index in [1.165, 1.54) is 193 Å². The Labute approximate surface area is 310 Å². The van der Waals surface area contributed by atoms with Crippen LogP contribution in [0.1, 0.15) is 193 Å². The largest absolute Gasteiger partial charge is 0.269 e. The fraction of sp³-hybridized carbons (Fsp3) is 1.00. The highest BCUT2D eigenvalue weighted by Crippen LogP contribution is 2.60. The van der Waals surface area contributed by atoms with Crippen molar-refractivity contribution in [2.75, 3.05) is 35.2 Å². The Hall–Kier alpha value is -0.0100. The Kier molecular flexibility index (Phi) is 15.5. The Bertz CT molecular complexity index is 909. The molecule has 6 saturated carbocycles. The Morgan fingerprint density at radius 1 is 0.360 bits per heavy atom. The molecule has 0 aliphatic heterocycles. The maximum absolute atomic E-state index is 6.39. The monoisotopic (exact) mass is 716 g/mol. The molecule has 0 spiro atoms. The molecule has 0 radical (unpaired) electrons. The average molecular weight is 716 g/mol. The minimum atomic E-state index is -2.32. The Morgan fingerprint density at radius 2 is 0.600 bits per heavy atom. The molecule has 8 heteroatoms. The van der Waals surface area contributed by atoms with Crippen molar-refractivity contribution in [3.63, 3.8) is 0 Å². The molecule has 0 atom stereocenters. The van der Waals surface area contributed by atoms with Gasteiger partial charge in [-0.15, -0.1) is 0 Å². The molecule has 0 aromatic carbocycles. The van der Waals surface area contributed by atoms with E-state index in [0.29, 0.717) is 42.5 Å². The molecule has 0 bridgehead atoms. The smallest absolute Gasteiger partial charge is 0.186 e. The van der Waals surface area contributed by atoms with Gasteiger partial charge in [0, 0.05) is 36.3 Å². The van der Waals surface area contributed by atoms with E-state index in [9.17, 15) is 0 Å². The maximum atomic E-state index is 6.39. The Balaban J connectivity index is 1.53. The predicted octanol–water partition coefficient (Wildman–Crippen LogP) is 11.1. The summed E-state index contributed by atoms with van der Waals surface area (Å²) in [6.07, 6.45) is 42.2. The number of rotatable bonds is 13. The van der Waals surface area contributed by atoms with E-state index >= 15 is 0 Å². The minimum absolute atomic E-state index is 0.314. The van der Waals surface area contributed by atoms with Crippen LogP contribution in [0.15, 0.2) is 4.85 Å². The van der Waals surface area contributed by atoms with Gasteiger partial charge < -0.3 is 0 Å². The van der Waals surface area contributed by atoms with Crippen molar-refractivity contribution in [3.05, 3.63) is 0 Å². The summed E-state index contributed by atoms with van der Waals surface area (Å²) >= 11 is 0. The van der Waals surface area contributed by atoms with Gasteiger partial charge in [-0.25, -0.2) is 4.67 Å². The van der Waals surface area contributed by atoms with Crippen LogP contribution >= 0.6 is 7.51 Å². The number of nitrogens with zero attached hydrogens (tertiary/aromatic N) is 7. The molecular weight excluding hydrogens is 633 g/mol. The molecule has 0 aromatic rings. The van der Waals surface area contributed by atoms with E-state index in [-0.39, 0.29) is 0 Å². The van der Waals surface area contributed by atoms with Crippen LogP contribution < -0.4 is 0 Å². The Morgan fingerprint density at radius 3 is 0.840 bits per heavy atom. The summed E-state index contributed by atoms with van der Waals surface area (Å²) in [5.74, 6) is 0. The highest BCUT2D eigenvalue weighted by atomic mass is 31.2. The van der Waals surface area contributed by atoms with Crippen LogP contribution in [0.5, 0.6) is 0 Å². The summed E-state index contributed by atoms with van der Waals surface area (Å²) in [4.78, 5) is 12.9. The van der Waals surface area contributed by atoms with Crippen LogP contribution in [0.3, 0.4) is 0 Å². The van der Waals surface area contributed by atoms with Gasteiger partial charge in [-0.2, -0.15) is 9.86 Å². The standard InChI is InChI=1S/C42H82N7P/c1-44(2)50(45(3)4,43-49(40-32-20-10-21-33-40)41-34-22-11-23-35-41)46(5)42(47(36-24-12-6-13-25-36)37-26-14-7-15-27-37)48(38-28-16-8-17-29-38)39-30-18-9-19-31-39/h36-42H,6-35H2,1-5H3. The highest BCUT2D eigenvalue weighted by Gasteiger charge is 2.49. The molecule has 290 valence electrons. The van der Waals surface area contributed by atoms with Crippen molar-refractivity contribution in [1.29, 1.82) is 0 Å². The molecule has 6 aliphatic carbocycles. The summed E-state index contributed by atoms with van der Waals surface area (Å²) in [6, 6.07) is 4.03. The van der Waals surface area contributed by atoms with Crippen LogP contribution in [0.4, 0.5) is 0 Å². The normalized spacial score (nSPS) is 26.1. The quantitative estimate of drug-likeness (QED) is 0.107. The molecule has 0 heterocycles. The molecule has 7 nitrogen and oxygen atoms in total. The topological polar surface area (TPSA) is 31.8 Å². The van der Waals surface area contributed by atoms with Gasteiger partial charge in [0.15, 0.2) is 7.51 Å². The average Bonchev–Trinajstić information content (AvgIpc) is 3.17. The first-order chi connectivity index (χ1) is 24.4. The van der Waals surface area contributed by atoms with E-state index in [1.54, 1.807) is 0 Å². The van der Waals surface area contributed by atoms with Crippen molar-refractivity contribution in [2.45, 2.75) is 235 Å². The van der Waals surface area contributed by atoms with E-state index in [4.69, 9.17) is 4.85 Å². The molecule has 0 N–H and O–H groups in total. The zero-order valence-electron chi connectivity index (χ0n) is 33.8. The lowest BCUT2D eigenvalue weighted by molar-refractivity contribution is -0.130. The SMILES string of the molecule is CN(C)P(=NN(C1CCCCC1)C1CCCCC1)(N(C)C)N(C)C(N(C1CCCCC1)C1CCCCC1)N(C1CCCCC1)C1CCCCC1. The predicted molar refractivity (Wildman–Crippen MR) is 215 cm³/mol. The maximum Gasteiger partial charge on any atom is 0.186 e. The number of hydrogen-bond donors (Lipinski definition) is 0. The zero-order chi connectivity index (χ0) is 34.9. The second-order valence-electron chi connectivity index (χ2n) is 18.3. The third kappa shape index (κ3) is 9.26. The van der Waals surface area contributed by atoms with Crippen molar-refractivity contribution in [3.8, 4) is 0 Å². The fourth-order valence-electron chi connectivity index (χ4n) is 12.0. The van der Waals surface area contributed by atoms with Gasteiger partial charge in [-0.1, -0.05) is 116 Å². The second kappa shape index (κ2) is 19.5. The van der Waals surface area contributed by atoms with Gasteiger partial charge in [0.05, 0.1) is 0 Å². The first-order valence-corrected chi connectivity index (χ1v) is 24.1. The summed E-state index contributed by atoms with van der Waals surface area (Å²) in [5.41, 5.74) is 0. The second-order valence-corrected chi connectivity index (χ2v) is 21.7. The van der Waals surface area contributed by atoms with Crippen LogP contribution in [-0.2, 0) is 0 Å². The van der Waals surface area contributed by atoms with E-state index < -0.39 is 7.51 Å². The van der Waals surface area contributed by atoms with Crippen LogP contribution in [0.25, 0.3) is 0 Å². The van der Waals surface area contributed by atoms with Gasteiger partial charge in [-0.3, -0.25) is 19.1 Å². The van der Waals surface area contributed by atoms with E-state index in [2.05, 4.69) is 64.1 Å². The van der Waals surface area contributed by atoms with Crippen molar-refractivity contribution in [1.82, 2.24) is 28.8 Å². The summed E-state index contributed by atoms with van der Waals surface area (Å²) in [7, 11) is 9.89. The van der Waals surface area contributed by atoms with E-state index in [0.717, 1.165) is 0 Å². The molecule has 6 rings (SSSR count). The molecule has 6 fully saturated rings. The number of hydrogen-bond acceptors (Lipinski definition) is 3. The molecule has 0 unspecified atom stereocenters. The summed E-state index contributed by atoms with van der Waals surface area (Å²) in [6.45, 7) is 0. The zero-order valence-corrected chi connectivity index (χ0v) is 34.7. The lowest BCUT2D eigenvalue weighted by Crippen LogP contribution is -2.67. The first-order valence-electron chi connectivity index (χ1n) is 22.5. The van der Waals surface area contributed by atoms with Crippen molar-refractivity contribution < 1.29 is 0 Å². The molecule has 6 aliphatic rings. The molecular formula is C42H82N7P. The van der Waals surface area contributed by atoms with Crippen molar-refractivity contribution >= 4 is 7.51 Å². The van der Waals surface area contributed by atoms with Gasteiger partial charge in [-0.05, 0) is 112 Å². The summed E-state index contributed by atoms with van der Waals surface area (Å²) in [5, 5.41) is 2.82. The fourth-order valence-corrected chi connectivity index (χ4v) is 15.3. The molecule has 50 heavy (non-hydrogen) atoms. The van der Waals surface area contributed by atoms with Gasteiger partial charge in [0.25, 0.3) is 0 Å². The van der Waals surface area contributed by atoms with Crippen LogP contribution in [-0.4, -0.2) is 107 Å². The van der Waals surface area contributed by atoms with E-state index in [1.807, 2.05) is 0 Å². The van der Waals surface area contributed by atoms with Crippen LogP contribution in [0.2, 0.25) is 0 Å². The summed E-state index contributed by atoms with van der Waals surface area (Å²) < 4.78 is 8.27. The lowest BCUT2D eigenvalue weighted by Gasteiger charge is -2.59. The minimum Gasteiger partial charge on any atom is -0.269 e. The van der Waals surface area contributed by atoms with Crippen LogP contribution in [0, 0.1) is 0 Å². The van der Waals surface area contributed by atoms with Gasteiger partial charge in [0.1, 0.15) is 6.29 Å².